The van der Waals surface area contributed by atoms with Gasteiger partial charge in [-0.25, -0.2) is 0 Å². The number of guanidine groups is 1. The molecule has 2 N–H and O–H groups in total. The molecule has 0 unspecified atom stereocenters. The number of benzene rings is 1. The number of hydrogen-bond acceptors (Lipinski definition) is 4. The number of piperidine rings is 1. The molecule has 0 amide bonds. The molecule has 7 heteroatoms. The summed E-state index contributed by atoms with van der Waals surface area (Å²) < 4.78 is 11.1. The lowest BCUT2D eigenvalue weighted by atomic mass is 10.1. The van der Waals surface area contributed by atoms with Gasteiger partial charge in [-0.05, 0) is 31.7 Å². The summed E-state index contributed by atoms with van der Waals surface area (Å²) in [7, 11) is 3.51. The summed E-state index contributed by atoms with van der Waals surface area (Å²) in [6.07, 6.45) is 5.19. The van der Waals surface area contributed by atoms with Crippen molar-refractivity contribution in [2.24, 2.45) is 4.99 Å². The first-order valence-corrected chi connectivity index (χ1v) is 9.71. The van der Waals surface area contributed by atoms with Gasteiger partial charge in [0.05, 0.1) is 20.3 Å². The zero-order chi connectivity index (χ0) is 18.2. The number of hydrogen-bond donors (Lipinski definition) is 2. The molecular weight excluding hydrogens is 455 g/mol. The van der Waals surface area contributed by atoms with E-state index in [0.29, 0.717) is 19.3 Å². The summed E-state index contributed by atoms with van der Waals surface area (Å²) in [5.74, 6) is 1.74. The molecule has 2 fully saturated rings. The van der Waals surface area contributed by atoms with Gasteiger partial charge >= 0.3 is 0 Å². The van der Waals surface area contributed by atoms with Gasteiger partial charge in [0.15, 0.2) is 5.96 Å². The van der Waals surface area contributed by atoms with Gasteiger partial charge in [0.25, 0.3) is 0 Å². The van der Waals surface area contributed by atoms with E-state index in [2.05, 4.69) is 20.5 Å². The van der Waals surface area contributed by atoms with E-state index in [9.17, 15) is 0 Å². The van der Waals surface area contributed by atoms with Gasteiger partial charge in [0.2, 0.25) is 0 Å². The Morgan fingerprint density at radius 2 is 1.93 bits per heavy atom. The Hall–Kier alpha value is -1.06. The molecule has 152 valence electrons. The molecule has 1 heterocycles. The predicted molar refractivity (Wildman–Crippen MR) is 120 cm³/mol. The summed E-state index contributed by atoms with van der Waals surface area (Å²) in [4.78, 5) is 6.98. The lowest BCUT2D eigenvalue weighted by Gasteiger charge is -2.33. The summed E-state index contributed by atoms with van der Waals surface area (Å²) in [6.45, 7) is 4.33. The van der Waals surface area contributed by atoms with E-state index in [0.717, 1.165) is 29.9 Å². The smallest absolute Gasteiger partial charge is 0.191 e. The van der Waals surface area contributed by atoms with Crippen LogP contribution in [0.25, 0.3) is 0 Å². The lowest BCUT2D eigenvalue weighted by molar-refractivity contribution is 0.123. The number of nitrogens with zero attached hydrogens (tertiary/aromatic N) is 2. The van der Waals surface area contributed by atoms with Crippen LogP contribution in [0.2, 0.25) is 0 Å². The average Bonchev–Trinajstić information content (AvgIpc) is 3.53. The Kier molecular flexibility index (Phi) is 9.64. The second-order valence-corrected chi connectivity index (χ2v) is 7.05. The van der Waals surface area contributed by atoms with Crippen molar-refractivity contribution < 1.29 is 9.47 Å². The van der Waals surface area contributed by atoms with Crippen molar-refractivity contribution in [1.29, 1.82) is 0 Å². The third-order valence-corrected chi connectivity index (χ3v) is 5.15. The standard InChI is InChI=1S/C20H32N4O2.HI/c1-21-20(23-17-9-12-24(13-10-17)18-7-8-18)22-11-14-26-15-16-5-3-4-6-19(16)25-2;/h3-6,17-18H,7-15H2,1-2H3,(H2,21,22,23);1H. The van der Waals surface area contributed by atoms with Crippen LogP contribution in [0.4, 0.5) is 0 Å². The van der Waals surface area contributed by atoms with Crippen molar-refractivity contribution in [2.75, 3.05) is 40.4 Å². The van der Waals surface area contributed by atoms with Gasteiger partial charge in [0.1, 0.15) is 5.75 Å². The molecule has 0 spiro atoms. The first-order valence-electron chi connectivity index (χ1n) is 9.71. The minimum absolute atomic E-state index is 0. The Morgan fingerprint density at radius 1 is 1.19 bits per heavy atom. The molecule has 0 atom stereocenters. The molecule has 0 radical (unpaired) electrons. The summed E-state index contributed by atoms with van der Waals surface area (Å²) >= 11 is 0. The van der Waals surface area contributed by atoms with Crippen LogP contribution in [-0.4, -0.2) is 63.3 Å². The van der Waals surface area contributed by atoms with Crippen molar-refractivity contribution >= 4 is 29.9 Å². The molecular formula is C20H33IN4O2. The highest BCUT2D eigenvalue weighted by molar-refractivity contribution is 14.0. The fraction of sp³-hybridized carbons (Fsp3) is 0.650. The van der Waals surface area contributed by atoms with Gasteiger partial charge in [-0.2, -0.15) is 0 Å². The zero-order valence-electron chi connectivity index (χ0n) is 16.4. The number of aliphatic imine (C=N–C) groups is 1. The second-order valence-electron chi connectivity index (χ2n) is 7.05. The normalized spacial score (nSPS) is 18.7. The molecule has 1 saturated carbocycles. The van der Waals surface area contributed by atoms with Crippen LogP contribution in [0.3, 0.4) is 0 Å². The zero-order valence-corrected chi connectivity index (χ0v) is 18.8. The number of nitrogens with one attached hydrogen (secondary N) is 2. The Balaban J connectivity index is 0.00000261. The van der Waals surface area contributed by atoms with Crippen molar-refractivity contribution in [1.82, 2.24) is 15.5 Å². The molecule has 3 rings (SSSR count). The van der Waals surface area contributed by atoms with Gasteiger partial charge in [-0.15, -0.1) is 24.0 Å². The van der Waals surface area contributed by atoms with Crippen LogP contribution in [0.5, 0.6) is 5.75 Å². The number of halogens is 1. The maximum atomic E-state index is 5.76. The van der Waals surface area contributed by atoms with Gasteiger partial charge in [-0.1, -0.05) is 18.2 Å². The largest absolute Gasteiger partial charge is 0.496 e. The molecule has 6 nitrogen and oxygen atoms in total. The molecule has 1 aliphatic carbocycles. The minimum atomic E-state index is 0. The second kappa shape index (κ2) is 11.7. The van der Waals surface area contributed by atoms with E-state index < -0.39 is 0 Å². The molecule has 27 heavy (non-hydrogen) atoms. The highest BCUT2D eigenvalue weighted by Gasteiger charge is 2.31. The third kappa shape index (κ3) is 7.12. The van der Waals surface area contributed by atoms with E-state index in [-0.39, 0.29) is 24.0 Å². The van der Waals surface area contributed by atoms with Crippen LogP contribution in [-0.2, 0) is 11.3 Å². The molecule has 0 aromatic heterocycles. The Morgan fingerprint density at radius 3 is 2.59 bits per heavy atom. The maximum Gasteiger partial charge on any atom is 0.191 e. The SMILES string of the molecule is CN=C(NCCOCc1ccccc1OC)NC1CCN(C2CC2)CC1.I. The fourth-order valence-corrected chi connectivity index (χ4v) is 3.48. The highest BCUT2D eigenvalue weighted by Crippen LogP contribution is 2.29. The number of methoxy groups -OCH3 is 1. The van der Waals surface area contributed by atoms with E-state index in [1.165, 1.54) is 38.8 Å². The first kappa shape index (κ1) is 22.2. The Labute approximate surface area is 180 Å². The van der Waals surface area contributed by atoms with E-state index in [1.807, 2.05) is 31.3 Å². The molecule has 2 aliphatic rings. The van der Waals surface area contributed by atoms with Crippen LogP contribution in [0.1, 0.15) is 31.2 Å². The molecule has 0 bridgehead atoms. The van der Waals surface area contributed by atoms with Gasteiger partial charge in [-0.3, -0.25) is 4.99 Å². The molecule has 1 aromatic rings. The van der Waals surface area contributed by atoms with Crippen molar-refractivity contribution in [3.8, 4) is 5.75 Å². The lowest BCUT2D eigenvalue weighted by Crippen LogP contribution is -2.49. The first-order chi connectivity index (χ1) is 12.8. The predicted octanol–water partition coefficient (Wildman–Crippen LogP) is 2.62. The van der Waals surface area contributed by atoms with Crippen molar-refractivity contribution in [3.05, 3.63) is 29.8 Å². The van der Waals surface area contributed by atoms with Crippen molar-refractivity contribution in [2.45, 2.75) is 44.4 Å². The summed E-state index contributed by atoms with van der Waals surface area (Å²) in [5.41, 5.74) is 1.07. The van der Waals surface area contributed by atoms with Crippen LogP contribution in [0.15, 0.2) is 29.3 Å². The van der Waals surface area contributed by atoms with Gasteiger partial charge < -0.3 is 25.0 Å². The average molecular weight is 488 g/mol. The maximum absolute atomic E-state index is 5.76. The minimum Gasteiger partial charge on any atom is -0.496 e. The van der Waals surface area contributed by atoms with E-state index >= 15 is 0 Å². The molecule has 1 saturated heterocycles. The van der Waals surface area contributed by atoms with Crippen LogP contribution in [0, 0.1) is 0 Å². The number of likely N-dealkylation sites (tertiary alicyclic amines) is 1. The van der Waals surface area contributed by atoms with E-state index in [4.69, 9.17) is 9.47 Å². The number of para-hydroxylation sites is 1. The summed E-state index contributed by atoms with van der Waals surface area (Å²) in [5, 5.41) is 6.90. The number of rotatable bonds is 8. The Bertz CT molecular complexity index is 587. The summed E-state index contributed by atoms with van der Waals surface area (Å²) in [6, 6.07) is 9.35. The van der Waals surface area contributed by atoms with Crippen LogP contribution < -0.4 is 15.4 Å². The fourth-order valence-electron chi connectivity index (χ4n) is 3.48. The number of ether oxygens (including phenoxy) is 2. The topological polar surface area (TPSA) is 58.1 Å². The quantitative estimate of drug-likeness (QED) is 0.255. The van der Waals surface area contributed by atoms with Crippen molar-refractivity contribution in [3.63, 3.8) is 0 Å². The monoisotopic (exact) mass is 488 g/mol. The van der Waals surface area contributed by atoms with Crippen LogP contribution >= 0.6 is 24.0 Å². The third-order valence-electron chi connectivity index (χ3n) is 5.15. The molecule has 1 aromatic carbocycles. The van der Waals surface area contributed by atoms with Gasteiger partial charge in [0, 0.05) is 44.3 Å². The molecule has 1 aliphatic heterocycles. The highest BCUT2D eigenvalue weighted by atomic mass is 127. The van der Waals surface area contributed by atoms with E-state index in [1.54, 1.807) is 7.11 Å².